The maximum Gasteiger partial charge on any atom is 0.243 e. The number of carbonyl (C=O) groups is 4. The summed E-state index contributed by atoms with van der Waals surface area (Å²) >= 11 is 3.50. The molecule has 16 heteroatoms. The molecule has 1 aromatic heterocycles. The Balaban J connectivity index is 0.945. The Morgan fingerprint density at radius 3 is 2.38 bits per heavy atom. The summed E-state index contributed by atoms with van der Waals surface area (Å²) < 4.78 is 49.2. The number of unbranched alkanes of at least 4 members (excludes halogenated alkanes) is 4. The quantitative estimate of drug-likeness (QED) is 0.0306. The van der Waals surface area contributed by atoms with Gasteiger partial charge < -0.3 is 30.7 Å². The number of nitrogens with zero attached hydrogens (tertiary/aromatic N) is 2. The van der Waals surface area contributed by atoms with Crippen LogP contribution in [0.2, 0.25) is 0 Å². The Labute approximate surface area is 391 Å². The van der Waals surface area contributed by atoms with Crippen molar-refractivity contribution in [2.24, 2.45) is 11.3 Å². The van der Waals surface area contributed by atoms with Crippen LogP contribution in [0.5, 0.6) is 0 Å². The van der Waals surface area contributed by atoms with E-state index in [-0.39, 0.29) is 68.0 Å². The number of ether oxygens (including phenoxy) is 1. The van der Waals surface area contributed by atoms with Crippen LogP contribution in [0, 0.1) is 39.3 Å². The zero-order valence-electron chi connectivity index (χ0n) is 36.9. The van der Waals surface area contributed by atoms with Gasteiger partial charge in [0, 0.05) is 54.0 Å². The lowest BCUT2D eigenvalue weighted by Crippen LogP contribution is -2.50. The molecule has 1 fully saturated rings. The number of aliphatic hydroxyl groups is 1. The van der Waals surface area contributed by atoms with Crippen molar-refractivity contribution in [3.8, 4) is 10.4 Å². The number of likely N-dealkylation sites (tertiary alicyclic amines) is 1. The first-order valence-corrected chi connectivity index (χ1v) is 23.8. The van der Waals surface area contributed by atoms with E-state index < -0.39 is 52.4 Å². The smallest absolute Gasteiger partial charge is 0.243 e. The molecule has 1 aliphatic heterocycles. The van der Waals surface area contributed by atoms with E-state index in [9.17, 15) is 37.5 Å². The number of hydrogen-bond acceptors (Lipinski definition) is 10. The van der Waals surface area contributed by atoms with E-state index in [0.717, 1.165) is 72.5 Å². The molecule has 2 heterocycles. The van der Waals surface area contributed by atoms with Gasteiger partial charge in [-0.25, -0.2) is 18.2 Å². The van der Waals surface area contributed by atoms with Crippen molar-refractivity contribution < 1.29 is 42.2 Å². The van der Waals surface area contributed by atoms with Gasteiger partial charge in [-0.15, -0.1) is 11.3 Å². The second-order valence-corrected chi connectivity index (χ2v) is 19.5. The summed E-state index contributed by atoms with van der Waals surface area (Å²) in [4.78, 5) is 60.4. The number of aryl methyl sites for hydroxylation is 1. The first-order chi connectivity index (χ1) is 30.5. The number of benzene rings is 3. The van der Waals surface area contributed by atoms with E-state index in [1.165, 1.54) is 17.0 Å². The molecule has 4 aromatic rings. The van der Waals surface area contributed by atoms with E-state index in [1.54, 1.807) is 17.4 Å². The minimum Gasteiger partial charge on any atom is -0.391 e. The molecule has 0 unspecified atom stereocenters. The molecule has 0 radical (unpaired) electrons. The number of halogens is 4. The predicted molar refractivity (Wildman–Crippen MR) is 252 cm³/mol. The van der Waals surface area contributed by atoms with Gasteiger partial charge in [0.1, 0.15) is 24.2 Å². The van der Waals surface area contributed by atoms with Crippen molar-refractivity contribution in [1.82, 2.24) is 20.5 Å². The molecule has 5 rings (SSSR count). The molecule has 64 heavy (non-hydrogen) atoms. The average molecular weight is 1020 g/mol. The third-order valence-corrected chi connectivity index (χ3v) is 13.0. The lowest BCUT2D eigenvalue weighted by molar-refractivity contribution is -0.146. The van der Waals surface area contributed by atoms with Crippen LogP contribution in [-0.4, -0.2) is 83.4 Å². The minimum atomic E-state index is -1.28. The van der Waals surface area contributed by atoms with Crippen LogP contribution in [0.15, 0.2) is 60.1 Å². The van der Waals surface area contributed by atoms with Gasteiger partial charge in [0.25, 0.3) is 0 Å². The van der Waals surface area contributed by atoms with Gasteiger partial charge in [-0.05, 0) is 109 Å². The minimum absolute atomic E-state index is 0.0101. The van der Waals surface area contributed by atoms with Gasteiger partial charge in [0.15, 0.2) is 17.4 Å². The SMILES string of the molecule is Cc1ncsc1-c1ccc(CNC(=O)[C@@H]2C[C@@H](O)CN2C(=O)[C@@H](CC(=O)CCCCCCCNCCCOCC(=O)c2ccc(F)c(F)c2Nc2ccc(I)cc2F)C(C)(C)C)cc1. The van der Waals surface area contributed by atoms with Crippen molar-refractivity contribution in [1.29, 1.82) is 0 Å². The molecule has 4 N–H and O–H groups in total. The topological polar surface area (TPSA) is 150 Å². The van der Waals surface area contributed by atoms with Crippen molar-refractivity contribution >= 4 is 68.7 Å². The fraction of sp³-hybridized carbons (Fsp3) is 0.479. The van der Waals surface area contributed by atoms with Crippen molar-refractivity contribution in [2.75, 3.05) is 38.2 Å². The van der Waals surface area contributed by atoms with Crippen molar-refractivity contribution in [3.63, 3.8) is 0 Å². The number of aromatic nitrogens is 1. The van der Waals surface area contributed by atoms with Gasteiger partial charge in [0.05, 0.1) is 33.6 Å². The molecular formula is C48H59F3IN5O6S. The standard InChI is InChI=1S/C48H59F3IN5O6S/c1-30-45(64-29-55-30)32-14-12-31(13-15-32)26-54-46(61)41-25-35(59)27-57(41)47(62)37(48(2,3)4)24-34(58)11-8-6-5-7-9-20-53-21-10-22-63-28-42(60)36-17-18-38(49)43(51)44(36)56-40-19-16-33(52)23-39(40)50/h12-19,23,29,35,37,41,53,56,59H,5-11,20-22,24-28H2,1-4H3,(H,54,61)/t35-,37-,41+/m1/s1. The van der Waals surface area contributed by atoms with Crippen LogP contribution in [-0.2, 0) is 25.7 Å². The fourth-order valence-electron chi connectivity index (χ4n) is 7.66. The number of rotatable bonds is 24. The number of carbonyl (C=O) groups excluding carboxylic acids is 4. The third-order valence-electron chi connectivity index (χ3n) is 11.3. The second-order valence-electron chi connectivity index (χ2n) is 17.4. The molecular weight excluding hydrogens is 959 g/mol. The maximum atomic E-state index is 14.7. The van der Waals surface area contributed by atoms with Crippen LogP contribution in [0.3, 0.4) is 0 Å². The Bertz CT molecular complexity index is 2220. The van der Waals surface area contributed by atoms with E-state index >= 15 is 0 Å². The van der Waals surface area contributed by atoms with Gasteiger partial charge in [0.2, 0.25) is 11.8 Å². The third kappa shape index (κ3) is 14.6. The van der Waals surface area contributed by atoms with Crippen molar-refractivity contribution in [2.45, 2.75) is 104 Å². The zero-order valence-corrected chi connectivity index (χ0v) is 39.9. The monoisotopic (exact) mass is 1020 g/mol. The Kier molecular flexibility index (Phi) is 19.3. The predicted octanol–water partition coefficient (Wildman–Crippen LogP) is 9.30. The summed E-state index contributed by atoms with van der Waals surface area (Å²) in [7, 11) is 0. The summed E-state index contributed by atoms with van der Waals surface area (Å²) in [5, 5.41) is 19.4. The molecule has 0 saturated carbocycles. The highest BCUT2D eigenvalue weighted by atomic mass is 127. The van der Waals surface area contributed by atoms with Crippen LogP contribution in [0.4, 0.5) is 24.5 Å². The Morgan fingerprint density at radius 1 is 0.953 bits per heavy atom. The highest BCUT2D eigenvalue weighted by molar-refractivity contribution is 14.1. The van der Waals surface area contributed by atoms with Crippen LogP contribution >= 0.6 is 33.9 Å². The molecule has 3 atom stereocenters. The summed E-state index contributed by atoms with van der Waals surface area (Å²) in [6.07, 6.45) is 4.86. The maximum absolute atomic E-state index is 14.7. The number of amides is 2. The zero-order chi connectivity index (χ0) is 46.4. The molecule has 3 aromatic carbocycles. The van der Waals surface area contributed by atoms with E-state index in [2.05, 4.69) is 20.9 Å². The number of nitrogens with one attached hydrogen (secondary N) is 3. The molecule has 11 nitrogen and oxygen atoms in total. The number of hydrogen-bond donors (Lipinski definition) is 4. The molecule has 1 aliphatic rings. The summed E-state index contributed by atoms with van der Waals surface area (Å²) in [6.45, 7) is 9.44. The number of ketones is 2. The first-order valence-electron chi connectivity index (χ1n) is 21.8. The first kappa shape index (κ1) is 50.8. The lowest BCUT2D eigenvalue weighted by atomic mass is 9.76. The molecule has 0 spiro atoms. The van der Waals surface area contributed by atoms with E-state index in [4.69, 9.17) is 4.74 Å². The van der Waals surface area contributed by atoms with Crippen LogP contribution < -0.4 is 16.0 Å². The Morgan fingerprint density at radius 2 is 1.67 bits per heavy atom. The number of aliphatic hydroxyl groups excluding tert-OH is 1. The van der Waals surface area contributed by atoms with Gasteiger partial charge in [-0.2, -0.15) is 0 Å². The normalized spacial score (nSPS) is 15.6. The van der Waals surface area contributed by atoms with Gasteiger partial charge in [-0.1, -0.05) is 64.3 Å². The molecule has 2 amide bonds. The number of anilines is 2. The van der Waals surface area contributed by atoms with E-state index in [0.29, 0.717) is 23.0 Å². The molecule has 346 valence electrons. The lowest BCUT2D eigenvalue weighted by Gasteiger charge is -2.34. The number of Topliss-reactive ketones (excluding diaryl/α,β-unsaturated/α-hetero) is 2. The summed E-state index contributed by atoms with van der Waals surface area (Å²) in [5.41, 5.74) is 3.53. The molecule has 1 saturated heterocycles. The highest BCUT2D eigenvalue weighted by Gasteiger charge is 2.44. The second kappa shape index (κ2) is 24.3. The average Bonchev–Trinajstić information content (AvgIpc) is 3.87. The van der Waals surface area contributed by atoms with Crippen LogP contribution in [0.1, 0.15) is 100 Å². The highest BCUT2D eigenvalue weighted by Crippen LogP contribution is 2.34. The number of thiazole rings is 1. The van der Waals surface area contributed by atoms with Gasteiger partial charge >= 0.3 is 0 Å². The molecule has 0 aliphatic carbocycles. The Hall–Kier alpha value is -4.23. The number of β-amino-alcohol motifs (C(OH)–C–C–N with tert-alkyl or cyclic N) is 1. The van der Waals surface area contributed by atoms with Gasteiger partial charge in [-0.3, -0.25) is 19.2 Å². The summed E-state index contributed by atoms with van der Waals surface area (Å²) in [6, 6.07) is 13.3. The van der Waals surface area contributed by atoms with Crippen LogP contribution in [0.25, 0.3) is 10.4 Å². The fourth-order valence-corrected chi connectivity index (χ4v) is 8.92. The van der Waals surface area contributed by atoms with Crippen molar-refractivity contribution in [3.05, 3.63) is 98.0 Å². The largest absolute Gasteiger partial charge is 0.391 e. The summed E-state index contributed by atoms with van der Waals surface area (Å²) in [5.74, 6) is -4.92. The van der Waals surface area contributed by atoms with E-state index in [1.807, 2.05) is 80.1 Å². The molecule has 0 bridgehead atoms.